The number of hydrogen-bond acceptors (Lipinski definition) is 6. The highest BCUT2D eigenvalue weighted by Crippen LogP contribution is 2.32. The molecule has 0 bridgehead atoms. The topological polar surface area (TPSA) is 55.8 Å². The molecule has 1 heterocycles. The Labute approximate surface area is 186 Å². The molecule has 0 spiro atoms. The second-order valence-electron chi connectivity index (χ2n) is 7.19. The van der Waals surface area contributed by atoms with Gasteiger partial charge < -0.3 is 9.47 Å². The highest BCUT2D eigenvalue weighted by atomic mass is 32.2. The van der Waals surface area contributed by atoms with E-state index in [0.717, 1.165) is 16.9 Å². The number of esters is 1. The van der Waals surface area contributed by atoms with Crippen LogP contribution in [0.25, 0.3) is 6.08 Å². The number of nitrogens with zero attached hydrogens (tertiary/aromatic N) is 1. The zero-order valence-electron chi connectivity index (χ0n) is 16.9. The number of carbonyl (C=O) groups is 2. The summed E-state index contributed by atoms with van der Waals surface area (Å²) in [5, 5.41) is 0. The fraction of sp³-hybridized carbons (Fsp3) is 0.261. The van der Waals surface area contributed by atoms with Crippen molar-refractivity contribution in [2.24, 2.45) is 5.92 Å². The first kappa shape index (κ1) is 22.1. The van der Waals surface area contributed by atoms with Crippen LogP contribution in [0.5, 0.6) is 5.75 Å². The summed E-state index contributed by atoms with van der Waals surface area (Å²) in [5.41, 5.74) is 1.95. The van der Waals surface area contributed by atoms with Crippen LogP contribution in [-0.2, 0) is 20.9 Å². The molecule has 1 aliphatic rings. The molecule has 0 atom stereocenters. The van der Waals surface area contributed by atoms with Gasteiger partial charge in [-0.2, -0.15) is 0 Å². The molecule has 5 nitrogen and oxygen atoms in total. The third-order valence-electron chi connectivity index (χ3n) is 4.16. The molecule has 0 aliphatic carbocycles. The second kappa shape index (κ2) is 10.4. The molecule has 30 heavy (non-hydrogen) atoms. The molecule has 0 radical (unpaired) electrons. The lowest BCUT2D eigenvalue weighted by Crippen LogP contribution is -2.34. The molecule has 156 valence electrons. The number of benzene rings is 2. The van der Waals surface area contributed by atoms with Gasteiger partial charge in [0, 0.05) is 0 Å². The molecule has 3 rings (SSSR count). The lowest BCUT2D eigenvalue weighted by atomic mass is 10.2. The monoisotopic (exact) mass is 441 g/mol. The van der Waals surface area contributed by atoms with E-state index in [0.29, 0.717) is 22.4 Å². The van der Waals surface area contributed by atoms with Crippen molar-refractivity contribution >= 4 is 46.3 Å². The van der Waals surface area contributed by atoms with Gasteiger partial charge in [0.25, 0.3) is 5.91 Å². The number of hydrogen-bond donors (Lipinski definition) is 0. The smallest absolute Gasteiger partial charge is 0.326 e. The minimum absolute atomic E-state index is 0.166. The van der Waals surface area contributed by atoms with E-state index in [1.165, 1.54) is 16.7 Å². The molecule has 2 aromatic carbocycles. The van der Waals surface area contributed by atoms with E-state index in [2.05, 4.69) is 0 Å². The third-order valence-corrected chi connectivity index (χ3v) is 5.54. The third kappa shape index (κ3) is 6.18. The summed E-state index contributed by atoms with van der Waals surface area (Å²) < 4.78 is 11.3. The molecule has 7 heteroatoms. The summed E-state index contributed by atoms with van der Waals surface area (Å²) in [6, 6.07) is 17.4. The standard InChI is InChI=1S/C23H23NO4S2/c1-16(2)14-28-21(25)13-24-22(26)20(30-23(24)29)12-17-8-10-19(11-9-17)27-15-18-6-4-3-5-7-18/h3-12,16H,13-15H2,1-2H3/b20-12-. The summed E-state index contributed by atoms with van der Waals surface area (Å²) >= 11 is 6.45. The molecule has 1 amide bonds. The Kier molecular flexibility index (Phi) is 7.65. The molecule has 0 unspecified atom stereocenters. The van der Waals surface area contributed by atoms with Gasteiger partial charge in [0.15, 0.2) is 0 Å². The Bertz CT molecular complexity index is 939. The van der Waals surface area contributed by atoms with Crippen molar-refractivity contribution in [2.45, 2.75) is 20.5 Å². The normalized spacial score (nSPS) is 15.2. The van der Waals surface area contributed by atoms with Crippen LogP contribution in [0, 0.1) is 5.92 Å². The largest absolute Gasteiger partial charge is 0.489 e. The molecule has 1 saturated heterocycles. The average molecular weight is 442 g/mol. The fourth-order valence-corrected chi connectivity index (χ4v) is 3.88. The molecule has 2 aromatic rings. The van der Waals surface area contributed by atoms with E-state index in [-0.39, 0.29) is 18.4 Å². The predicted molar refractivity (Wildman–Crippen MR) is 123 cm³/mol. The van der Waals surface area contributed by atoms with Crippen LogP contribution >= 0.6 is 24.0 Å². The van der Waals surface area contributed by atoms with Gasteiger partial charge >= 0.3 is 5.97 Å². The first-order valence-electron chi connectivity index (χ1n) is 9.60. The van der Waals surface area contributed by atoms with Crippen LogP contribution in [0.15, 0.2) is 59.5 Å². The molecular formula is C23H23NO4S2. The zero-order valence-corrected chi connectivity index (χ0v) is 18.5. The van der Waals surface area contributed by atoms with Crippen LogP contribution < -0.4 is 4.74 Å². The van der Waals surface area contributed by atoms with Crippen molar-refractivity contribution in [1.82, 2.24) is 4.90 Å². The maximum atomic E-state index is 12.6. The van der Waals surface area contributed by atoms with Crippen molar-refractivity contribution in [3.8, 4) is 5.75 Å². The van der Waals surface area contributed by atoms with Crippen molar-refractivity contribution < 1.29 is 19.1 Å². The summed E-state index contributed by atoms with van der Waals surface area (Å²) in [6.45, 7) is 4.55. The summed E-state index contributed by atoms with van der Waals surface area (Å²) in [7, 11) is 0. The predicted octanol–water partition coefficient (Wildman–Crippen LogP) is 4.67. The van der Waals surface area contributed by atoms with Crippen LogP contribution in [0.1, 0.15) is 25.0 Å². The maximum Gasteiger partial charge on any atom is 0.326 e. The van der Waals surface area contributed by atoms with Crippen molar-refractivity contribution in [2.75, 3.05) is 13.2 Å². The summed E-state index contributed by atoms with van der Waals surface area (Å²) in [5.74, 6) is 0.244. The Morgan fingerprint density at radius 2 is 1.83 bits per heavy atom. The fourth-order valence-electron chi connectivity index (χ4n) is 2.62. The summed E-state index contributed by atoms with van der Waals surface area (Å²) in [6.07, 6.45) is 1.76. The van der Waals surface area contributed by atoms with Gasteiger partial charge in [-0.25, -0.2) is 0 Å². The highest BCUT2D eigenvalue weighted by Gasteiger charge is 2.33. The first-order valence-corrected chi connectivity index (χ1v) is 10.8. The minimum atomic E-state index is -0.457. The lowest BCUT2D eigenvalue weighted by molar-refractivity contribution is -0.147. The van der Waals surface area contributed by atoms with E-state index >= 15 is 0 Å². The Morgan fingerprint density at radius 3 is 2.50 bits per heavy atom. The van der Waals surface area contributed by atoms with E-state index < -0.39 is 5.97 Å². The van der Waals surface area contributed by atoms with Crippen LogP contribution in [0.3, 0.4) is 0 Å². The number of carbonyl (C=O) groups excluding carboxylic acids is 2. The van der Waals surface area contributed by atoms with E-state index in [4.69, 9.17) is 21.7 Å². The number of amides is 1. The van der Waals surface area contributed by atoms with E-state index in [1.54, 1.807) is 6.08 Å². The average Bonchev–Trinajstić information content (AvgIpc) is 3.00. The van der Waals surface area contributed by atoms with Crippen molar-refractivity contribution in [3.63, 3.8) is 0 Å². The highest BCUT2D eigenvalue weighted by molar-refractivity contribution is 8.26. The Morgan fingerprint density at radius 1 is 1.13 bits per heavy atom. The molecule has 0 saturated carbocycles. The number of ether oxygens (including phenoxy) is 2. The second-order valence-corrected chi connectivity index (χ2v) is 8.86. The zero-order chi connectivity index (χ0) is 21.5. The van der Waals surface area contributed by atoms with E-state index in [9.17, 15) is 9.59 Å². The van der Waals surface area contributed by atoms with Crippen molar-refractivity contribution in [1.29, 1.82) is 0 Å². The molecule has 0 N–H and O–H groups in total. The van der Waals surface area contributed by atoms with Crippen LogP contribution in [0.4, 0.5) is 0 Å². The number of thioether (sulfide) groups is 1. The van der Waals surface area contributed by atoms with Crippen LogP contribution in [0.2, 0.25) is 0 Å². The number of rotatable bonds is 8. The Balaban J connectivity index is 1.59. The quantitative estimate of drug-likeness (QED) is 0.337. The Hall–Kier alpha value is -2.64. The molecule has 1 aliphatic heterocycles. The lowest BCUT2D eigenvalue weighted by Gasteiger charge is -2.14. The van der Waals surface area contributed by atoms with Gasteiger partial charge in [-0.05, 0) is 35.3 Å². The number of thiocarbonyl (C=S) groups is 1. The van der Waals surface area contributed by atoms with E-state index in [1.807, 2.05) is 68.4 Å². The summed E-state index contributed by atoms with van der Waals surface area (Å²) in [4.78, 5) is 26.3. The molecule has 1 fully saturated rings. The maximum absolute atomic E-state index is 12.6. The minimum Gasteiger partial charge on any atom is -0.489 e. The van der Waals surface area contributed by atoms with Gasteiger partial charge in [-0.15, -0.1) is 0 Å². The van der Waals surface area contributed by atoms with Gasteiger partial charge in [0.1, 0.15) is 23.2 Å². The first-order chi connectivity index (χ1) is 14.4. The molecular weight excluding hydrogens is 418 g/mol. The van der Waals surface area contributed by atoms with Gasteiger partial charge in [-0.3, -0.25) is 14.5 Å². The van der Waals surface area contributed by atoms with Gasteiger partial charge in [0.2, 0.25) is 0 Å². The van der Waals surface area contributed by atoms with Gasteiger partial charge in [0.05, 0.1) is 11.5 Å². The molecule has 0 aromatic heterocycles. The van der Waals surface area contributed by atoms with Crippen LogP contribution in [-0.4, -0.2) is 34.2 Å². The SMILES string of the molecule is CC(C)COC(=O)CN1C(=O)/C(=C/c2ccc(OCc3ccccc3)cc2)SC1=S. The van der Waals surface area contributed by atoms with Gasteiger partial charge in [-0.1, -0.05) is 80.3 Å². The van der Waals surface area contributed by atoms with Crippen molar-refractivity contribution in [3.05, 3.63) is 70.6 Å².